The molecule has 1 fully saturated rings. The topological polar surface area (TPSA) is 63.6 Å². The average molecular weight is 298 g/mol. The molecule has 0 atom stereocenters. The van der Waals surface area contributed by atoms with Crippen LogP contribution in [0, 0.1) is 0 Å². The monoisotopic (exact) mass is 298 g/mol. The lowest BCUT2D eigenvalue weighted by molar-refractivity contribution is 0.0213. The summed E-state index contributed by atoms with van der Waals surface area (Å²) in [6.45, 7) is 0. The predicted molar refractivity (Wildman–Crippen MR) is 83.2 cm³/mol. The summed E-state index contributed by atoms with van der Waals surface area (Å²) in [5.74, 6) is -1.46. The first-order valence-electron chi connectivity index (χ1n) is 7.63. The Morgan fingerprint density at radius 1 is 0.955 bits per heavy atom. The second kappa shape index (κ2) is 6.18. The van der Waals surface area contributed by atoms with Gasteiger partial charge in [-0.15, -0.1) is 0 Å². The van der Waals surface area contributed by atoms with Crippen molar-refractivity contribution in [3.8, 4) is 0 Å². The van der Waals surface area contributed by atoms with E-state index < -0.39 is 11.9 Å². The maximum atomic E-state index is 12.5. The number of esters is 1. The molecule has 0 saturated heterocycles. The van der Waals surface area contributed by atoms with Crippen LogP contribution < -0.4 is 0 Å². The molecule has 1 saturated carbocycles. The molecule has 1 aliphatic rings. The number of rotatable bonds is 3. The highest BCUT2D eigenvalue weighted by Crippen LogP contribution is 2.26. The van der Waals surface area contributed by atoms with Crippen LogP contribution in [0.25, 0.3) is 10.8 Å². The second-order valence-electron chi connectivity index (χ2n) is 5.68. The largest absolute Gasteiger partial charge is 0.478 e. The number of fused-ring (bicyclic) bond motifs is 1. The molecule has 0 spiro atoms. The summed E-state index contributed by atoms with van der Waals surface area (Å²) >= 11 is 0. The fourth-order valence-corrected chi connectivity index (χ4v) is 3.09. The van der Waals surface area contributed by atoms with Crippen molar-refractivity contribution in [2.45, 2.75) is 38.2 Å². The van der Waals surface area contributed by atoms with Crippen LogP contribution in [0.1, 0.15) is 52.8 Å². The normalized spacial score (nSPS) is 15.6. The maximum absolute atomic E-state index is 12.5. The van der Waals surface area contributed by atoms with Crippen molar-refractivity contribution >= 4 is 22.7 Å². The summed E-state index contributed by atoms with van der Waals surface area (Å²) in [4.78, 5) is 23.9. The van der Waals surface area contributed by atoms with Crippen molar-refractivity contribution in [1.82, 2.24) is 0 Å². The summed E-state index contributed by atoms with van der Waals surface area (Å²) in [5.41, 5.74) is 0.467. The first kappa shape index (κ1) is 14.6. The Balaban J connectivity index is 1.98. The van der Waals surface area contributed by atoms with Gasteiger partial charge < -0.3 is 9.84 Å². The van der Waals surface area contributed by atoms with E-state index in [1.165, 1.54) is 12.5 Å². The summed E-state index contributed by atoms with van der Waals surface area (Å²) in [6, 6.07) is 10.2. The minimum Gasteiger partial charge on any atom is -0.478 e. The number of hydrogen-bond acceptors (Lipinski definition) is 3. The zero-order valence-corrected chi connectivity index (χ0v) is 12.2. The Labute approximate surface area is 128 Å². The number of hydrogen-bond donors (Lipinski definition) is 1. The quantitative estimate of drug-likeness (QED) is 0.869. The molecule has 0 amide bonds. The van der Waals surface area contributed by atoms with Gasteiger partial charge >= 0.3 is 11.9 Å². The van der Waals surface area contributed by atoms with Crippen LogP contribution in [0.15, 0.2) is 36.4 Å². The third kappa shape index (κ3) is 2.82. The Hall–Kier alpha value is -2.36. The van der Waals surface area contributed by atoms with Gasteiger partial charge in [-0.1, -0.05) is 30.7 Å². The Bertz CT molecular complexity index is 709. The molecule has 1 aliphatic carbocycles. The van der Waals surface area contributed by atoms with Crippen molar-refractivity contribution < 1.29 is 19.4 Å². The van der Waals surface area contributed by atoms with E-state index in [4.69, 9.17) is 4.74 Å². The highest BCUT2D eigenvalue weighted by molar-refractivity contribution is 6.12. The minimum absolute atomic E-state index is 0.0477. The molecule has 4 nitrogen and oxygen atoms in total. The van der Waals surface area contributed by atoms with Crippen molar-refractivity contribution in [3.05, 3.63) is 47.5 Å². The highest BCUT2D eigenvalue weighted by atomic mass is 16.5. The summed E-state index contributed by atoms with van der Waals surface area (Å²) in [7, 11) is 0. The van der Waals surface area contributed by atoms with Gasteiger partial charge in [0.05, 0.1) is 11.1 Å². The first-order chi connectivity index (χ1) is 10.7. The standard InChI is InChI=1S/C18H18O4/c19-17(20)14-10-4-6-12-7-5-11-15(16(12)14)18(21)22-13-8-2-1-3-9-13/h4-7,10-11,13H,1-3,8-9H2,(H,19,20). The molecule has 1 N–H and O–H groups in total. The van der Waals surface area contributed by atoms with Crippen molar-refractivity contribution in [1.29, 1.82) is 0 Å². The molecular formula is C18H18O4. The molecule has 0 aromatic heterocycles. The third-order valence-electron chi connectivity index (χ3n) is 4.18. The summed E-state index contributed by atoms with van der Waals surface area (Å²) < 4.78 is 5.59. The lowest BCUT2D eigenvalue weighted by atomic mass is 9.97. The van der Waals surface area contributed by atoms with Gasteiger partial charge in [0, 0.05) is 5.39 Å². The average Bonchev–Trinajstić information content (AvgIpc) is 2.54. The number of carbonyl (C=O) groups is 2. The van der Waals surface area contributed by atoms with Crippen molar-refractivity contribution in [3.63, 3.8) is 0 Å². The zero-order valence-electron chi connectivity index (χ0n) is 12.2. The molecule has 3 rings (SSSR count). The van der Waals surface area contributed by atoms with E-state index in [1.807, 2.05) is 0 Å². The van der Waals surface area contributed by atoms with Crippen LogP contribution in [0.5, 0.6) is 0 Å². The van der Waals surface area contributed by atoms with E-state index in [0.717, 1.165) is 31.1 Å². The Kier molecular flexibility index (Phi) is 4.09. The lowest BCUT2D eigenvalue weighted by Crippen LogP contribution is -2.21. The second-order valence-corrected chi connectivity index (χ2v) is 5.68. The number of carboxylic acid groups (broad SMARTS) is 1. The first-order valence-corrected chi connectivity index (χ1v) is 7.63. The molecule has 22 heavy (non-hydrogen) atoms. The van der Waals surface area contributed by atoms with Gasteiger partial charge in [-0.05, 0) is 43.2 Å². The van der Waals surface area contributed by atoms with E-state index in [2.05, 4.69) is 0 Å². The Morgan fingerprint density at radius 2 is 1.59 bits per heavy atom. The van der Waals surface area contributed by atoms with Crippen molar-refractivity contribution in [2.75, 3.05) is 0 Å². The van der Waals surface area contributed by atoms with Crippen LogP contribution in [0.2, 0.25) is 0 Å². The highest BCUT2D eigenvalue weighted by Gasteiger charge is 2.22. The smallest absolute Gasteiger partial charge is 0.339 e. The third-order valence-corrected chi connectivity index (χ3v) is 4.18. The summed E-state index contributed by atoms with van der Waals surface area (Å²) in [6.07, 6.45) is 5.08. The lowest BCUT2D eigenvalue weighted by Gasteiger charge is -2.22. The van der Waals surface area contributed by atoms with Crippen LogP contribution in [-0.4, -0.2) is 23.1 Å². The molecule has 0 heterocycles. The van der Waals surface area contributed by atoms with Crippen LogP contribution in [0.4, 0.5) is 0 Å². The molecule has 0 bridgehead atoms. The Morgan fingerprint density at radius 3 is 2.23 bits per heavy atom. The molecule has 2 aromatic carbocycles. The fourth-order valence-electron chi connectivity index (χ4n) is 3.09. The fraction of sp³-hybridized carbons (Fsp3) is 0.333. The van der Waals surface area contributed by atoms with Gasteiger partial charge in [0.15, 0.2) is 0 Å². The van der Waals surface area contributed by atoms with Crippen LogP contribution in [0.3, 0.4) is 0 Å². The van der Waals surface area contributed by atoms with E-state index in [1.54, 1.807) is 30.3 Å². The number of aromatic carboxylic acids is 1. The van der Waals surface area contributed by atoms with E-state index in [-0.39, 0.29) is 11.7 Å². The molecule has 2 aromatic rings. The molecule has 4 heteroatoms. The molecule has 0 unspecified atom stereocenters. The number of carbonyl (C=O) groups excluding carboxylic acids is 1. The van der Waals surface area contributed by atoms with E-state index >= 15 is 0 Å². The minimum atomic E-state index is -1.04. The van der Waals surface area contributed by atoms with Gasteiger partial charge in [-0.3, -0.25) is 0 Å². The molecule has 114 valence electrons. The molecule has 0 aliphatic heterocycles. The SMILES string of the molecule is O=C(O)c1cccc2cccc(C(=O)OC3CCCCC3)c12. The van der Waals surface area contributed by atoms with Crippen LogP contribution >= 0.6 is 0 Å². The van der Waals surface area contributed by atoms with Gasteiger partial charge in [0.1, 0.15) is 6.10 Å². The van der Waals surface area contributed by atoms with Crippen LogP contribution in [-0.2, 0) is 4.74 Å². The molecule has 0 radical (unpaired) electrons. The van der Waals surface area contributed by atoms with E-state index in [9.17, 15) is 14.7 Å². The van der Waals surface area contributed by atoms with Gasteiger partial charge in [0.25, 0.3) is 0 Å². The number of carboxylic acids is 1. The molecular weight excluding hydrogens is 280 g/mol. The maximum Gasteiger partial charge on any atom is 0.339 e. The number of benzene rings is 2. The van der Waals surface area contributed by atoms with Gasteiger partial charge in [0.2, 0.25) is 0 Å². The predicted octanol–water partition coefficient (Wildman–Crippen LogP) is 4.03. The number of ether oxygens (including phenoxy) is 1. The van der Waals surface area contributed by atoms with Gasteiger partial charge in [-0.25, -0.2) is 9.59 Å². The van der Waals surface area contributed by atoms with Crippen molar-refractivity contribution in [2.24, 2.45) is 0 Å². The summed E-state index contributed by atoms with van der Waals surface area (Å²) in [5, 5.41) is 10.5. The van der Waals surface area contributed by atoms with E-state index in [0.29, 0.717) is 10.9 Å². The zero-order chi connectivity index (χ0) is 15.5. The van der Waals surface area contributed by atoms with Gasteiger partial charge in [-0.2, -0.15) is 0 Å².